The molecular formula is C13H7F5N4S. The third-order valence-corrected chi connectivity index (χ3v) is 3.71. The number of hydrogen-bond donors (Lipinski definition) is 0. The first-order chi connectivity index (χ1) is 10.9. The normalized spacial score (nSPS) is 12.3. The average molecular weight is 346 g/mol. The molecule has 3 aromatic rings. The molecule has 0 N–H and O–H groups in total. The molecule has 0 aliphatic rings. The number of hydrogen-bond acceptors (Lipinski definition) is 4. The summed E-state index contributed by atoms with van der Waals surface area (Å²) in [7, 11) is 0. The molecule has 0 saturated carbocycles. The van der Waals surface area contributed by atoms with E-state index >= 15 is 0 Å². The van der Waals surface area contributed by atoms with E-state index in [4.69, 9.17) is 0 Å². The molecule has 0 unspecified atom stereocenters. The molecule has 0 spiro atoms. The monoisotopic (exact) mass is 346 g/mol. The smallest absolute Gasteiger partial charge is 0.261 e. The second-order valence-corrected chi connectivity index (χ2v) is 5.29. The van der Waals surface area contributed by atoms with Crippen LogP contribution >= 0.6 is 11.8 Å². The molecule has 0 atom stereocenters. The van der Waals surface area contributed by atoms with E-state index in [1.54, 1.807) is 12.1 Å². The Morgan fingerprint density at radius 1 is 1.04 bits per heavy atom. The van der Waals surface area contributed by atoms with Crippen LogP contribution < -0.4 is 0 Å². The van der Waals surface area contributed by atoms with Gasteiger partial charge in [0.2, 0.25) is 0 Å². The first-order valence-corrected chi connectivity index (χ1v) is 7.01. The Morgan fingerprint density at radius 3 is 2.48 bits per heavy atom. The molecule has 0 fully saturated rings. The van der Waals surface area contributed by atoms with Crippen molar-refractivity contribution in [3.63, 3.8) is 0 Å². The van der Waals surface area contributed by atoms with Gasteiger partial charge in [0.05, 0.1) is 11.0 Å². The molecule has 10 heteroatoms. The van der Waals surface area contributed by atoms with Crippen molar-refractivity contribution in [1.82, 2.24) is 19.5 Å². The molecule has 23 heavy (non-hydrogen) atoms. The number of benzene rings is 1. The van der Waals surface area contributed by atoms with Crippen LogP contribution in [0.5, 0.6) is 0 Å². The number of aromatic nitrogens is 4. The van der Waals surface area contributed by atoms with E-state index in [0.717, 1.165) is 6.20 Å². The Kier molecular flexibility index (Phi) is 3.92. The fraction of sp³-hybridized carbons (Fsp3) is 0.154. The van der Waals surface area contributed by atoms with E-state index in [-0.39, 0.29) is 15.8 Å². The van der Waals surface area contributed by atoms with Crippen molar-refractivity contribution in [2.45, 2.75) is 23.0 Å². The highest BCUT2D eigenvalue weighted by atomic mass is 32.2. The standard InChI is InChI=1S/C13H7F5N4S/c14-10(15)22-8-4-2-1-3-7(8)20-12(22)23-11-19-6-5-9(21-11)13(16,17)18/h1-6,10H. The molecule has 0 aliphatic heterocycles. The highest BCUT2D eigenvalue weighted by Gasteiger charge is 2.33. The zero-order chi connectivity index (χ0) is 16.6. The fourth-order valence-electron chi connectivity index (χ4n) is 1.91. The number of fused-ring (bicyclic) bond motifs is 1. The molecular weight excluding hydrogens is 339 g/mol. The van der Waals surface area contributed by atoms with Gasteiger partial charge in [-0.15, -0.1) is 0 Å². The van der Waals surface area contributed by atoms with Crippen LogP contribution in [-0.2, 0) is 6.18 Å². The predicted octanol–water partition coefficient (Wildman–Crippen LogP) is 4.39. The number of alkyl halides is 5. The number of para-hydroxylation sites is 2. The topological polar surface area (TPSA) is 43.6 Å². The van der Waals surface area contributed by atoms with E-state index in [1.165, 1.54) is 12.1 Å². The molecule has 2 heterocycles. The van der Waals surface area contributed by atoms with Crippen LogP contribution in [0.2, 0.25) is 0 Å². The summed E-state index contributed by atoms with van der Waals surface area (Å²) in [6.07, 6.45) is -3.71. The summed E-state index contributed by atoms with van der Waals surface area (Å²) < 4.78 is 65.1. The van der Waals surface area contributed by atoms with Gasteiger partial charge in [0.15, 0.2) is 10.3 Å². The van der Waals surface area contributed by atoms with E-state index in [9.17, 15) is 22.0 Å². The highest BCUT2D eigenvalue weighted by Crippen LogP contribution is 2.33. The van der Waals surface area contributed by atoms with Crippen LogP contribution in [0.4, 0.5) is 22.0 Å². The third kappa shape index (κ3) is 3.11. The van der Waals surface area contributed by atoms with Crippen molar-refractivity contribution in [1.29, 1.82) is 0 Å². The van der Waals surface area contributed by atoms with Gasteiger partial charge in [0.25, 0.3) is 0 Å². The molecule has 1 aromatic carbocycles. The minimum absolute atomic E-state index is 0.178. The van der Waals surface area contributed by atoms with Gasteiger partial charge < -0.3 is 0 Å². The summed E-state index contributed by atoms with van der Waals surface area (Å²) in [5, 5.41) is -0.488. The molecule has 0 radical (unpaired) electrons. The van der Waals surface area contributed by atoms with Gasteiger partial charge in [-0.1, -0.05) is 12.1 Å². The lowest BCUT2D eigenvalue weighted by Gasteiger charge is -2.08. The number of nitrogens with zero attached hydrogens (tertiary/aromatic N) is 4. The van der Waals surface area contributed by atoms with Crippen LogP contribution in [-0.4, -0.2) is 19.5 Å². The number of rotatable bonds is 3. The van der Waals surface area contributed by atoms with Crippen LogP contribution in [0.1, 0.15) is 12.2 Å². The summed E-state index contributed by atoms with van der Waals surface area (Å²) in [6.45, 7) is -2.89. The molecule has 0 amide bonds. The van der Waals surface area contributed by atoms with Gasteiger partial charge in [0, 0.05) is 6.20 Å². The van der Waals surface area contributed by atoms with Gasteiger partial charge >= 0.3 is 12.7 Å². The fourth-order valence-corrected chi connectivity index (χ4v) is 2.75. The molecule has 0 aliphatic carbocycles. The first-order valence-electron chi connectivity index (χ1n) is 6.19. The van der Waals surface area contributed by atoms with Crippen molar-refractivity contribution in [2.75, 3.05) is 0 Å². The summed E-state index contributed by atoms with van der Waals surface area (Å²) in [5.41, 5.74) is -0.658. The molecule has 120 valence electrons. The third-order valence-electron chi connectivity index (χ3n) is 2.87. The Balaban J connectivity index is 2.03. The predicted molar refractivity (Wildman–Crippen MR) is 72.1 cm³/mol. The highest BCUT2D eigenvalue weighted by molar-refractivity contribution is 7.99. The lowest BCUT2D eigenvalue weighted by Crippen LogP contribution is -2.09. The van der Waals surface area contributed by atoms with Crippen molar-refractivity contribution in [3.05, 3.63) is 42.2 Å². The zero-order valence-electron chi connectivity index (χ0n) is 11.1. The van der Waals surface area contributed by atoms with E-state index in [0.29, 0.717) is 27.9 Å². The Hall–Kier alpha value is -2.23. The maximum atomic E-state index is 13.3. The molecule has 4 nitrogen and oxygen atoms in total. The lowest BCUT2D eigenvalue weighted by atomic mass is 10.3. The van der Waals surface area contributed by atoms with Gasteiger partial charge in [-0.25, -0.2) is 15.0 Å². The van der Waals surface area contributed by atoms with E-state index < -0.39 is 18.4 Å². The maximum Gasteiger partial charge on any atom is 0.433 e. The van der Waals surface area contributed by atoms with Gasteiger partial charge in [0.1, 0.15) is 5.69 Å². The first kappa shape index (κ1) is 15.7. The summed E-state index contributed by atoms with van der Waals surface area (Å²) in [6, 6.07) is 6.88. The van der Waals surface area contributed by atoms with Crippen LogP contribution in [0.15, 0.2) is 46.8 Å². The average Bonchev–Trinajstić information content (AvgIpc) is 2.84. The van der Waals surface area contributed by atoms with Crippen molar-refractivity contribution < 1.29 is 22.0 Å². The van der Waals surface area contributed by atoms with Crippen LogP contribution in [0, 0.1) is 0 Å². The van der Waals surface area contributed by atoms with Gasteiger partial charge in [-0.3, -0.25) is 4.57 Å². The largest absolute Gasteiger partial charge is 0.433 e. The minimum Gasteiger partial charge on any atom is -0.261 e. The Morgan fingerprint density at radius 2 is 1.78 bits per heavy atom. The van der Waals surface area contributed by atoms with Crippen molar-refractivity contribution in [3.8, 4) is 0 Å². The summed E-state index contributed by atoms with van der Waals surface area (Å²) in [5.74, 6) is 0. The van der Waals surface area contributed by atoms with E-state index in [1.807, 2.05) is 0 Å². The molecule has 3 rings (SSSR count). The minimum atomic E-state index is -4.64. The Labute approximate surface area is 130 Å². The van der Waals surface area contributed by atoms with Gasteiger partial charge in [-0.05, 0) is 30.0 Å². The zero-order valence-corrected chi connectivity index (χ0v) is 11.9. The van der Waals surface area contributed by atoms with Crippen molar-refractivity contribution in [2.24, 2.45) is 0 Å². The van der Waals surface area contributed by atoms with E-state index in [2.05, 4.69) is 15.0 Å². The van der Waals surface area contributed by atoms with Crippen molar-refractivity contribution >= 4 is 22.8 Å². The molecule has 0 bridgehead atoms. The quantitative estimate of drug-likeness (QED) is 0.521. The second-order valence-electron chi connectivity index (χ2n) is 4.36. The van der Waals surface area contributed by atoms with Crippen LogP contribution in [0.25, 0.3) is 11.0 Å². The summed E-state index contributed by atoms with van der Waals surface area (Å²) >= 11 is 0.548. The maximum absolute atomic E-state index is 13.3. The number of halogens is 5. The Bertz CT molecular complexity index is 846. The number of imidazole rings is 1. The SMILES string of the molecule is FC(F)n1c(Sc2nccc(C(F)(F)F)n2)nc2ccccc21. The van der Waals surface area contributed by atoms with Crippen LogP contribution in [0.3, 0.4) is 0 Å². The lowest BCUT2D eigenvalue weighted by molar-refractivity contribution is -0.141. The molecule has 2 aromatic heterocycles. The van der Waals surface area contributed by atoms with Gasteiger partial charge in [-0.2, -0.15) is 22.0 Å². The molecule has 0 saturated heterocycles. The summed E-state index contributed by atoms with van der Waals surface area (Å²) in [4.78, 5) is 11.0. The second kappa shape index (κ2) is 5.76.